The minimum absolute atomic E-state index is 0.203. The molecular formula is C32H33FN4O5. The first-order valence-corrected chi connectivity index (χ1v) is 14.0. The molecule has 9 nitrogen and oxygen atoms in total. The van der Waals surface area contributed by atoms with Gasteiger partial charge in [-0.2, -0.15) is 0 Å². The summed E-state index contributed by atoms with van der Waals surface area (Å²) in [6.07, 6.45) is 0.203. The number of Topliss-reactive ketones (excluding diaryl/α,β-unsaturated/α-hetero) is 1. The second kappa shape index (κ2) is 12.1. The SMILES string of the molecule is CCC(C)(C(=O)Nc1ccc(N2CCOCC2)cc1)N(Cc1ccccc1F)C(=O)CN1C(=O)C(=O)c2ccccc21. The summed E-state index contributed by atoms with van der Waals surface area (Å²) in [6.45, 7) is 5.56. The third-order valence-corrected chi connectivity index (χ3v) is 8.03. The highest BCUT2D eigenvalue weighted by Crippen LogP contribution is 2.31. The third kappa shape index (κ3) is 5.62. The molecule has 0 aliphatic carbocycles. The molecule has 1 unspecified atom stereocenters. The number of benzene rings is 3. The number of ketones is 1. The second-order valence-corrected chi connectivity index (χ2v) is 10.5. The highest BCUT2D eigenvalue weighted by atomic mass is 19.1. The quantitative estimate of drug-likeness (QED) is 0.389. The highest BCUT2D eigenvalue weighted by Gasteiger charge is 2.44. The van der Waals surface area contributed by atoms with Crippen LogP contribution in [0.25, 0.3) is 0 Å². The van der Waals surface area contributed by atoms with E-state index in [4.69, 9.17) is 4.74 Å². The van der Waals surface area contributed by atoms with Crippen LogP contribution in [0.5, 0.6) is 0 Å². The lowest BCUT2D eigenvalue weighted by molar-refractivity contribution is -0.145. The summed E-state index contributed by atoms with van der Waals surface area (Å²) >= 11 is 0. The molecule has 2 aliphatic rings. The number of para-hydroxylation sites is 1. The maximum Gasteiger partial charge on any atom is 0.299 e. The fraction of sp³-hybridized carbons (Fsp3) is 0.312. The van der Waals surface area contributed by atoms with Crippen molar-refractivity contribution in [3.63, 3.8) is 0 Å². The number of nitrogens with zero attached hydrogens (tertiary/aromatic N) is 3. The number of halogens is 1. The van der Waals surface area contributed by atoms with E-state index in [2.05, 4.69) is 10.2 Å². The van der Waals surface area contributed by atoms with E-state index in [0.29, 0.717) is 24.6 Å². The molecule has 1 fully saturated rings. The van der Waals surface area contributed by atoms with E-state index in [1.807, 2.05) is 12.1 Å². The van der Waals surface area contributed by atoms with Gasteiger partial charge < -0.3 is 19.9 Å². The van der Waals surface area contributed by atoms with Crippen molar-refractivity contribution >= 4 is 40.6 Å². The molecule has 42 heavy (non-hydrogen) atoms. The predicted octanol–water partition coefficient (Wildman–Crippen LogP) is 4.03. The topological polar surface area (TPSA) is 99.3 Å². The van der Waals surface area contributed by atoms with Gasteiger partial charge in [0.1, 0.15) is 17.9 Å². The molecule has 3 amide bonds. The minimum Gasteiger partial charge on any atom is -0.378 e. The van der Waals surface area contributed by atoms with Crippen molar-refractivity contribution in [1.82, 2.24) is 4.90 Å². The van der Waals surface area contributed by atoms with E-state index < -0.39 is 41.4 Å². The van der Waals surface area contributed by atoms with Gasteiger partial charge in [0.2, 0.25) is 11.8 Å². The van der Waals surface area contributed by atoms with E-state index in [0.717, 1.165) is 23.7 Å². The van der Waals surface area contributed by atoms with Crippen LogP contribution < -0.4 is 15.1 Å². The zero-order valence-corrected chi connectivity index (χ0v) is 23.6. The zero-order valence-electron chi connectivity index (χ0n) is 23.6. The molecule has 5 rings (SSSR count). The molecule has 2 heterocycles. The first-order chi connectivity index (χ1) is 20.2. The van der Waals surface area contributed by atoms with Crippen molar-refractivity contribution in [2.45, 2.75) is 32.4 Å². The zero-order chi connectivity index (χ0) is 29.9. The molecule has 0 aromatic heterocycles. The van der Waals surface area contributed by atoms with Crippen LogP contribution in [0.4, 0.5) is 21.5 Å². The molecule has 3 aromatic rings. The number of amides is 3. The van der Waals surface area contributed by atoms with Gasteiger partial charge in [0.15, 0.2) is 0 Å². The number of carbonyl (C=O) groups excluding carboxylic acids is 4. The molecule has 218 valence electrons. The maximum absolute atomic E-state index is 14.8. The largest absolute Gasteiger partial charge is 0.378 e. The number of fused-ring (bicyclic) bond motifs is 1. The molecule has 0 bridgehead atoms. The van der Waals surface area contributed by atoms with Gasteiger partial charge >= 0.3 is 0 Å². The van der Waals surface area contributed by atoms with Crippen LogP contribution in [0, 0.1) is 5.82 Å². The summed E-state index contributed by atoms with van der Waals surface area (Å²) in [5, 5.41) is 2.92. The van der Waals surface area contributed by atoms with Crippen LogP contribution in [0.1, 0.15) is 36.2 Å². The van der Waals surface area contributed by atoms with Crippen molar-refractivity contribution in [3.05, 3.63) is 89.7 Å². The lowest BCUT2D eigenvalue weighted by atomic mass is 9.93. The first kappa shape index (κ1) is 28.9. The van der Waals surface area contributed by atoms with E-state index >= 15 is 0 Å². The molecule has 0 spiro atoms. The molecule has 3 aromatic carbocycles. The Hall–Kier alpha value is -4.57. The van der Waals surface area contributed by atoms with Gasteiger partial charge in [0.05, 0.1) is 24.5 Å². The van der Waals surface area contributed by atoms with Crippen LogP contribution in [0.15, 0.2) is 72.8 Å². The van der Waals surface area contributed by atoms with E-state index in [9.17, 15) is 23.6 Å². The van der Waals surface area contributed by atoms with Gasteiger partial charge in [-0.1, -0.05) is 37.3 Å². The van der Waals surface area contributed by atoms with Gasteiger partial charge in [-0.3, -0.25) is 24.1 Å². The summed E-state index contributed by atoms with van der Waals surface area (Å²) in [7, 11) is 0. The Morgan fingerprint density at radius 2 is 1.64 bits per heavy atom. The number of carbonyl (C=O) groups is 4. The molecule has 2 aliphatic heterocycles. The Balaban J connectivity index is 1.41. The van der Waals surface area contributed by atoms with Crippen LogP contribution in [0.3, 0.4) is 0 Å². The average Bonchev–Trinajstić information content (AvgIpc) is 3.25. The van der Waals surface area contributed by atoms with Crippen LogP contribution in [0.2, 0.25) is 0 Å². The Morgan fingerprint density at radius 3 is 2.33 bits per heavy atom. The van der Waals surface area contributed by atoms with Gasteiger partial charge in [-0.25, -0.2) is 4.39 Å². The number of rotatable bonds is 9. The van der Waals surface area contributed by atoms with E-state index in [1.54, 1.807) is 62.4 Å². The second-order valence-electron chi connectivity index (χ2n) is 10.5. The minimum atomic E-state index is -1.42. The van der Waals surface area contributed by atoms with Crippen LogP contribution >= 0.6 is 0 Å². The van der Waals surface area contributed by atoms with Crippen molar-refractivity contribution in [2.24, 2.45) is 0 Å². The first-order valence-electron chi connectivity index (χ1n) is 14.0. The number of ether oxygens (including phenoxy) is 1. The monoisotopic (exact) mass is 572 g/mol. The van der Waals surface area contributed by atoms with E-state index in [1.165, 1.54) is 17.0 Å². The van der Waals surface area contributed by atoms with Gasteiger partial charge in [0.25, 0.3) is 11.7 Å². The van der Waals surface area contributed by atoms with Gasteiger partial charge in [-0.15, -0.1) is 0 Å². The average molecular weight is 573 g/mol. The smallest absolute Gasteiger partial charge is 0.299 e. The molecule has 1 saturated heterocycles. The van der Waals surface area contributed by atoms with E-state index in [-0.39, 0.29) is 24.1 Å². The Labute approximate surface area is 243 Å². The van der Waals surface area contributed by atoms with Gasteiger partial charge in [-0.05, 0) is 55.8 Å². The number of hydrogen-bond donors (Lipinski definition) is 1. The fourth-order valence-electron chi connectivity index (χ4n) is 5.28. The summed E-state index contributed by atoms with van der Waals surface area (Å²) < 4.78 is 20.2. The summed E-state index contributed by atoms with van der Waals surface area (Å²) in [6, 6.07) is 19.9. The maximum atomic E-state index is 14.8. The molecule has 1 atom stereocenters. The molecule has 0 radical (unpaired) electrons. The summed E-state index contributed by atoms with van der Waals surface area (Å²) in [5.74, 6) is -3.10. The number of anilines is 3. The van der Waals surface area contributed by atoms with Crippen molar-refractivity contribution in [1.29, 1.82) is 0 Å². The Kier molecular flexibility index (Phi) is 8.35. The van der Waals surface area contributed by atoms with Crippen molar-refractivity contribution in [2.75, 3.05) is 48.0 Å². The lowest BCUT2D eigenvalue weighted by Gasteiger charge is -2.40. The summed E-state index contributed by atoms with van der Waals surface area (Å²) in [5.41, 5.74) is 0.897. The summed E-state index contributed by atoms with van der Waals surface area (Å²) in [4.78, 5) is 57.8. The molecular weight excluding hydrogens is 539 g/mol. The third-order valence-electron chi connectivity index (χ3n) is 8.03. The van der Waals surface area contributed by atoms with Crippen LogP contribution in [-0.2, 0) is 25.7 Å². The van der Waals surface area contributed by atoms with Crippen LogP contribution in [-0.4, -0.2) is 66.8 Å². The highest BCUT2D eigenvalue weighted by molar-refractivity contribution is 6.52. The molecule has 1 N–H and O–H groups in total. The number of nitrogens with one attached hydrogen (secondary N) is 1. The predicted molar refractivity (Wildman–Crippen MR) is 157 cm³/mol. The fourth-order valence-corrected chi connectivity index (χ4v) is 5.28. The van der Waals surface area contributed by atoms with Crippen molar-refractivity contribution < 1.29 is 28.3 Å². The Morgan fingerprint density at radius 1 is 0.976 bits per heavy atom. The lowest BCUT2D eigenvalue weighted by Crippen LogP contribution is -2.58. The Bertz CT molecular complexity index is 1500. The molecule has 0 saturated carbocycles. The van der Waals surface area contributed by atoms with Crippen molar-refractivity contribution in [3.8, 4) is 0 Å². The normalized spacial score (nSPS) is 16.2. The number of hydrogen-bond acceptors (Lipinski definition) is 6. The van der Waals surface area contributed by atoms with Gasteiger partial charge in [0, 0.05) is 36.6 Å². The number of morpholine rings is 1. The standard InChI is InChI=1S/C32H33FN4O5/c1-3-32(2,31(41)34-23-12-14-24(15-13-23)35-16-18-42-19-17-35)37(20-22-8-4-6-10-26(22)33)28(38)21-36-27-11-7-5-9-25(27)29(39)30(36)40/h4-15H,3,16-21H2,1-2H3,(H,34,41). The molecule has 10 heteroatoms.